The molecule has 1 N–H and O–H groups in total. The average molecular weight is 423 g/mol. The summed E-state index contributed by atoms with van der Waals surface area (Å²) in [6.45, 7) is -0.0975. The van der Waals surface area contributed by atoms with Gasteiger partial charge < -0.3 is 14.9 Å². The zero-order valence-corrected chi connectivity index (χ0v) is 16.2. The number of hydrogen-bond donors (Lipinski definition) is 1. The van der Waals surface area contributed by atoms with E-state index in [9.17, 15) is 19.3 Å². The molecule has 0 aliphatic heterocycles. The first-order chi connectivity index (χ1) is 15.0. The van der Waals surface area contributed by atoms with Crippen molar-refractivity contribution >= 4 is 23.5 Å². The molecule has 0 saturated carbocycles. The van der Waals surface area contributed by atoms with Crippen LogP contribution in [0.4, 0.5) is 15.8 Å². The number of ether oxygens (including phenoxy) is 1. The molecule has 1 amide bonds. The van der Waals surface area contributed by atoms with E-state index in [0.717, 1.165) is 5.56 Å². The van der Waals surface area contributed by atoms with Gasteiger partial charge in [-0.2, -0.15) is 0 Å². The zero-order valence-electron chi connectivity index (χ0n) is 16.2. The normalized spacial score (nSPS) is 10.6. The largest absolute Gasteiger partial charge is 0.484 e. The van der Waals surface area contributed by atoms with E-state index < -0.39 is 4.92 Å². The van der Waals surface area contributed by atoms with E-state index in [-0.39, 0.29) is 30.6 Å². The minimum Gasteiger partial charge on any atom is -0.484 e. The van der Waals surface area contributed by atoms with Gasteiger partial charge in [0.15, 0.2) is 6.61 Å². The molecule has 0 saturated heterocycles. The summed E-state index contributed by atoms with van der Waals surface area (Å²) in [4.78, 5) is 27.3. The number of hydrogen-bond acceptors (Lipinski definition) is 6. The number of non-ortho nitro benzene ring substituents is 1. The van der Waals surface area contributed by atoms with Crippen molar-refractivity contribution in [3.63, 3.8) is 0 Å². The van der Waals surface area contributed by atoms with Crippen molar-refractivity contribution in [2.75, 3.05) is 11.9 Å². The van der Waals surface area contributed by atoms with Gasteiger partial charge in [0.1, 0.15) is 18.2 Å². The molecule has 0 bridgehead atoms. The molecule has 0 radical (unpaired) electrons. The molecule has 0 fully saturated rings. The van der Waals surface area contributed by atoms with Crippen LogP contribution in [-0.4, -0.2) is 23.7 Å². The van der Waals surface area contributed by atoms with Crippen LogP contribution in [0.15, 0.2) is 78.0 Å². The lowest BCUT2D eigenvalue weighted by Gasteiger charge is -2.07. The van der Waals surface area contributed by atoms with E-state index in [0.29, 0.717) is 17.0 Å². The first-order valence-corrected chi connectivity index (χ1v) is 9.16. The maximum Gasteiger partial charge on any atom is 0.269 e. The van der Waals surface area contributed by atoms with Gasteiger partial charge in [-0.05, 0) is 59.7 Å². The number of nitrogens with one attached hydrogen (secondary N) is 1. The van der Waals surface area contributed by atoms with E-state index >= 15 is 0 Å². The van der Waals surface area contributed by atoms with Crippen LogP contribution >= 0.6 is 0 Å². The average Bonchev–Trinajstić information content (AvgIpc) is 2.78. The Balaban J connectivity index is 1.43. The number of anilines is 1. The third-order valence-corrected chi connectivity index (χ3v) is 4.01. The molecule has 9 heteroatoms. The summed E-state index contributed by atoms with van der Waals surface area (Å²) in [5.74, 6) is -0.261. The molecular weight excluding hydrogens is 405 g/mol. The van der Waals surface area contributed by atoms with Gasteiger partial charge in [-0.15, -0.1) is 0 Å². The number of halogens is 1. The van der Waals surface area contributed by atoms with E-state index in [1.165, 1.54) is 42.6 Å². The number of nitro groups is 1. The van der Waals surface area contributed by atoms with Crippen molar-refractivity contribution < 1.29 is 23.7 Å². The highest BCUT2D eigenvalue weighted by Gasteiger charge is 2.06. The lowest BCUT2D eigenvalue weighted by Crippen LogP contribution is -2.20. The Hall–Kier alpha value is -4.27. The fourth-order valence-electron chi connectivity index (χ4n) is 2.50. The van der Waals surface area contributed by atoms with E-state index in [4.69, 9.17) is 9.57 Å². The van der Waals surface area contributed by atoms with Gasteiger partial charge in [0, 0.05) is 17.8 Å². The number of nitrogens with zero attached hydrogens (tertiary/aromatic N) is 2. The minimum absolute atomic E-state index is 0.00739. The maximum absolute atomic E-state index is 12.9. The Morgan fingerprint density at radius 3 is 2.55 bits per heavy atom. The molecule has 158 valence electrons. The third kappa shape index (κ3) is 6.93. The van der Waals surface area contributed by atoms with Gasteiger partial charge in [0.05, 0.1) is 11.1 Å². The predicted octanol–water partition coefficient (Wildman–Crippen LogP) is 4.30. The summed E-state index contributed by atoms with van der Waals surface area (Å²) in [5.41, 5.74) is 1.84. The van der Waals surface area contributed by atoms with Crippen molar-refractivity contribution in [3.8, 4) is 5.75 Å². The standard InChI is InChI=1S/C22H18FN3O5/c23-18-6-8-19(9-7-18)25-22(27)15-30-21-10-4-16(5-11-21)13-24-31-14-17-2-1-3-20(12-17)26(28)29/h1-13H,14-15H2,(H,25,27)/b24-13-. The smallest absolute Gasteiger partial charge is 0.269 e. The van der Waals surface area contributed by atoms with E-state index in [2.05, 4.69) is 10.5 Å². The Morgan fingerprint density at radius 1 is 1.10 bits per heavy atom. The predicted molar refractivity (Wildman–Crippen MR) is 112 cm³/mol. The van der Waals surface area contributed by atoms with Gasteiger partial charge in [-0.1, -0.05) is 17.3 Å². The van der Waals surface area contributed by atoms with Crippen LogP contribution in [0.1, 0.15) is 11.1 Å². The van der Waals surface area contributed by atoms with Crippen molar-refractivity contribution in [1.29, 1.82) is 0 Å². The van der Waals surface area contributed by atoms with Crippen LogP contribution in [0.3, 0.4) is 0 Å². The van der Waals surface area contributed by atoms with Gasteiger partial charge in [-0.25, -0.2) is 4.39 Å². The Labute approximate surface area is 177 Å². The molecule has 3 rings (SSSR count). The summed E-state index contributed by atoms with van der Waals surface area (Å²) >= 11 is 0. The van der Waals surface area contributed by atoms with Crippen molar-refractivity contribution in [3.05, 3.63) is 99.9 Å². The Morgan fingerprint density at radius 2 is 1.84 bits per heavy atom. The highest BCUT2D eigenvalue weighted by Crippen LogP contribution is 2.14. The fraction of sp³-hybridized carbons (Fsp3) is 0.0909. The number of carbonyl (C=O) groups is 1. The molecule has 0 spiro atoms. The van der Waals surface area contributed by atoms with E-state index in [1.807, 2.05) is 0 Å². The summed E-state index contributed by atoms with van der Waals surface area (Å²) < 4.78 is 18.3. The monoisotopic (exact) mass is 423 g/mol. The summed E-state index contributed by atoms with van der Waals surface area (Å²) in [5, 5.41) is 17.2. The second-order valence-electron chi connectivity index (χ2n) is 6.35. The van der Waals surface area contributed by atoms with Gasteiger partial charge in [0.25, 0.3) is 11.6 Å². The van der Waals surface area contributed by atoms with Gasteiger partial charge >= 0.3 is 0 Å². The topological polar surface area (TPSA) is 103 Å². The second-order valence-corrected chi connectivity index (χ2v) is 6.35. The summed E-state index contributed by atoms with van der Waals surface area (Å²) in [6, 6.07) is 18.4. The Bertz CT molecular complexity index is 1070. The molecule has 3 aromatic rings. The lowest BCUT2D eigenvalue weighted by atomic mass is 10.2. The van der Waals surface area contributed by atoms with Crippen LogP contribution in [-0.2, 0) is 16.2 Å². The quantitative estimate of drug-likeness (QED) is 0.314. The number of benzene rings is 3. The SMILES string of the molecule is O=C(COc1ccc(/C=N\OCc2cccc([N+](=O)[O-])c2)cc1)Nc1ccc(F)cc1. The van der Waals surface area contributed by atoms with Crippen LogP contribution in [0.25, 0.3) is 0 Å². The molecule has 0 atom stereocenters. The van der Waals surface area contributed by atoms with Crippen LogP contribution in [0.5, 0.6) is 5.75 Å². The molecule has 0 aliphatic rings. The molecule has 0 aliphatic carbocycles. The number of rotatable bonds is 9. The first-order valence-electron chi connectivity index (χ1n) is 9.16. The fourth-order valence-corrected chi connectivity index (χ4v) is 2.50. The molecule has 8 nitrogen and oxygen atoms in total. The number of amides is 1. The molecule has 0 heterocycles. The highest BCUT2D eigenvalue weighted by molar-refractivity contribution is 5.91. The maximum atomic E-state index is 12.9. The van der Waals surface area contributed by atoms with Crippen LogP contribution in [0.2, 0.25) is 0 Å². The molecule has 0 aromatic heterocycles. The zero-order chi connectivity index (χ0) is 22.1. The van der Waals surface area contributed by atoms with Crippen LogP contribution in [0, 0.1) is 15.9 Å². The summed E-state index contributed by atoms with van der Waals surface area (Å²) in [6.07, 6.45) is 1.49. The highest BCUT2D eigenvalue weighted by atomic mass is 19.1. The van der Waals surface area contributed by atoms with Gasteiger partial charge in [-0.3, -0.25) is 14.9 Å². The van der Waals surface area contributed by atoms with Gasteiger partial charge in [0.2, 0.25) is 0 Å². The lowest BCUT2D eigenvalue weighted by molar-refractivity contribution is -0.384. The number of nitro benzene ring substituents is 1. The second kappa shape index (κ2) is 10.5. The minimum atomic E-state index is -0.469. The first kappa shape index (κ1) is 21.4. The van der Waals surface area contributed by atoms with Crippen molar-refractivity contribution in [2.24, 2.45) is 5.16 Å². The molecule has 0 unspecified atom stereocenters. The number of oxime groups is 1. The summed E-state index contributed by atoms with van der Waals surface area (Å²) in [7, 11) is 0. The number of carbonyl (C=O) groups excluding carboxylic acids is 1. The van der Waals surface area contributed by atoms with Crippen molar-refractivity contribution in [2.45, 2.75) is 6.61 Å². The van der Waals surface area contributed by atoms with E-state index in [1.54, 1.807) is 36.4 Å². The Kier molecular flexibility index (Phi) is 7.26. The molecular formula is C22H18FN3O5. The molecule has 3 aromatic carbocycles. The molecule has 31 heavy (non-hydrogen) atoms. The van der Waals surface area contributed by atoms with Crippen molar-refractivity contribution in [1.82, 2.24) is 0 Å². The third-order valence-electron chi connectivity index (χ3n) is 4.01. The van der Waals surface area contributed by atoms with Crippen LogP contribution < -0.4 is 10.1 Å².